The largest absolute Gasteiger partial charge is 0.493 e. The van der Waals surface area contributed by atoms with Gasteiger partial charge >= 0.3 is 5.97 Å². The Hall–Kier alpha value is -3.84. The van der Waals surface area contributed by atoms with Gasteiger partial charge in [-0.25, -0.2) is 4.79 Å². The fourth-order valence-electron chi connectivity index (χ4n) is 4.34. The standard InChI is InChI=1S/C28H33N5O6S2/c1-5-39-27(36)25-18-8-6-7-9-21(18)41-26(25)30-24(35)16-40-28-32-31-22(33(28)2)15-29-23(34)13-11-17-10-12-19(37-3)20(14-17)38-4/h10-14H,5-9,15-16H2,1-4H3,(H,29,34)(H,30,35). The van der Waals surface area contributed by atoms with Gasteiger partial charge in [-0.1, -0.05) is 17.8 Å². The molecule has 0 fully saturated rings. The summed E-state index contributed by atoms with van der Waals surface area (Å²) in [4.78, 5) is 39.0. The summed E-state index contributed by atoms with van der Waals surface area (Å²) in [5, 5.41) is 15.1. The van der Waals surface area contributed by atoms with E-state index in [2.05, 4.69) is 20.8 Å². The van der Waals surface area contributed by atoms with Crippen LogP contribution in [0.15, 0.2) is 29.4 Å². The van der Waals surface area contributed by atoms with Crippen molar-refractivity contribution in [2.45, 2.75) is 44.3 Å². The highest BCUT2D eigenvalue weighted by Crippen LogP contribution is 2.38. The monoisotopic (exact) mass is 599 g/mol. The third-order valence-corrected chi connectivity index (χ3v) is 8.64. The van der Waals surface area contributed by atoms with Crippen LogP contribution in [0.5, 0.6) is 11.5 Å². The van der Waals surface area contributed by atoms with Gasteiger partial charge in [0.05, 0.1) is 38.7 Å². The van der Waals surface area contributed by atoms with Crippen molar-refractivity contribution >= 4 is 52.0 Å². The fraction of sp³-hybridized carbons (Fsp3) is 0.393. The van der Waals surface area contributed by atoms with E-state index in [9.17, 15) is 14.4 Å². The van der Waals surface area contributed by atoms with E-state index >= 15 is 0 Å². The minimum Gasteiger partial charge on any atom is -0.493 e. The molecule has 4 rings (SSSR count). The van der Waals surface area contributed by atoms with Gasteiger partial charge in [-0.2, -0.15) is 0 Å². The Morgan fingerprint density at radius 2 is 1.90 bits per heavy atom. The number of fused-ring (bicyclic) bond motifs is 1. The number of benzene rings is 1. The fourth-order valence-corrected chi connectivity index (χ4v) is 6.37. The molecule has 13 heteroatoms. The number of thiophene rings is 1. The van der Waals surface area contributed by atoms with Crippen molar-refractivity contribution < 1.29 is 28.6 Å². The maximum absolute atomic E-state index is 12.8. The summed E-state index contributed by atoms with van der Waals surface area (Å²) in [6.07, 6.45) is 6.90. The zero-order valence-electron chi connectivity index (χ0n) is 23.4. The molecular weight excluding hydrogens is 566 g/mol. The Morgan fingerprint density at radius 1 is 1.12 bits per heavy atom. The van der Waals surface area contributed by atoms with E-state index in [-0.39, 0.29) is 30.7 Å². The van der Waals surface area contributed by atoms with Gasteiger partial charge in [0.1, 0.15) is 5.00 Å². The van der Waals surface area contributed by atoms with Crippen LogP contribution in [0.4, 0.5) is 5.00 Å². The molecule has 0 atom stereocenters. The number of aromatic nitrogens is 3. The topological polar surface area (TPSA) is 134 Å². The van der Waals surface area contributed by atoms with E-state index in [1.165, 1.54) is 29.2 Å². The maximum Gasteiger partial charge on any atom is 0.341 e. The summed E-state index contributed by atoms with van der Waals surface area (Å²) < 4.78 is 17.5. The van der Waals surface area contributed by atoms with E-state index in [1.807, 2.05) is 6.07 Å². The zero-order chi connectivity index (χ0) is 29.4. The van der Waals surface area contributed by atoms with Crippen LogP contribution in [0, 0.1) is 0 Å². The number of nitrogens with one attached hydrogen (secondary N) is 2. The first-order valence-corrected chi connectivity index (χ1v) is 14.9. The minimum atomic E-state index is -0.395. The number of anilines is 1. The van der Waals surface area contributed by atoms with Crippen LogP contribution in [0.3, 0.4) is 0 Å². The number of carbonyl (C=O) groups is 3. The maximum atomic E-state index is 12.8. The smallest absolute Gasteiger partial charge is 0.341 e. The predicted molar refractivity (Wildman–Crippen MR) is 158 cm³/mol. The molecule has 0 bridgehead atoms. The zero-order valence-corrected chi connectivity index (χ0v) is 25.1. The summed E-state index contributed by atoms with van der Waals surface area (Å²) in [6, 6.07) is 5.36. The van der Waals surface area contributed by atoms with Gasteiger partial charge in [-0.15, -0.1) is 21.5 Å². The lowest BCUT2D eigenvalue weighted by Gasteiger charge is -2.12. The summed E-state index contributed by atoms with van der Waals surface area (Å²) in [7, 11) is 4.88. The summed E-state index contributed by atoms with van der Waals surface area (Å²) >= 11 is 2.68. The van der Waals surface area contributed by atoms with Crippen molar-refractivity contribution in [2.75, 3.05) is 31.9 Å². The van der Waals surface area contributed by atoms with Gasteiger partial charge in [0.15, 0.2) is 22.5 Å². The lowest BCUT2D eigenvalue weighted by Crippen LogP contribution is -2.22. The first kappa shape index (κ1) is 30.1. The molecule has 0 saturated carbocycles. The highest BCUT2D eigenvalue weighted by molar-refractivity contribution is 7.99. The van der Waals surface area contributed by atoms with Crippen molar-refractivity contribution in [2.24, 2.45) is 7.05 Å². The molecule has 2 N–H and O–H groups in total. The molecule has 0 unspecified atom stereocenters. The van der Waals surface area contributed by atoms with E-state index < -0.39 is 5.97 Å². The average Bonchev–Trinajstić information content (AvgIpc) is 3.52. The molecule has 0 aliphatic heterocycles. The van der Waals surface area contributed by atoms with E-state index in [0.29, 0.717) is 33.0 Å². The van der Waals surface area contributed by atoms with Crippen LogP contribution >= 0.6 is 23.1 Å². The Labute approximate surface area is 246 Å². The minimum absolute atomic E-state index is 0.0806. The van der Waals surface area contributed by atoms with Gasteiger partial charge in [0.2, 0.25) is 11.8 Å². The third kappa shape index (κ3) is 7.47. The molecule has 2 heterocycles. The Morgan fingerprint density at radius 3 is 2.66 bits per heavy atom. The number of rotatable bonds is 12. The summed E-state index contributed by atoms with van der Waals surface area (Å²) in [5.41, 5.74) is 2.27. The van der Waals surface area contributed by atoms with Crippen LogP contribution < -0.4 is 20.1 Å². The lowest BCUT2D eigenvalue weighted by molar-refractivity contribution is -0.116. The molecule has 2 aromatic heterocycles. The first-order valence-electron chi connectivity index (χ1n) is 13.1. The Kier molecular flexibility index (Phi) is 10.4. The molecule has 0 saturated heterocycles. The molecule has 3 aromatic rings. The number of carbonyl (C=O) groups excluding carboxylic acids is 3. The number of hydrogen-bond donors (Lipinski definition) is 2. The van der Waals surface area contributed by atoms with Gasteiger partial charge in [-0.3, -0.25) is 9.59 Å². The van der Waals surface area contributed by atoms with Crippen LogP contribution in [0.2, 0.25) is 0 Å². The second-order valence-electron chi connectivity index (χ2n) is 9.10. The molecule has 1 aliphatic carbocycles. The first-order chi connectivity index (χ1) is 19.8. The van der Waals surface area contributed by atoms with Gasteiger partial charge < -0.3 is 29.4 Å². The van der Waals surface area contributed by atoms with Crippen molar-refractivity contribution in [1.29, 1.82) is 0 Å². The number of thioether (sulfide) groups is 1. The highest BCUT2D eigenvalue weighted by Gasteiger charge is 2.27. The molecule has 1 aromatic carbocycles. The number of aryl methyl sites for hydroxylation is 1. The molecule has 41 heavy (non-hydrogen) atoms. The molecule has 218 valence electrons. The highest BCUT2D eigenvalue weighted by atomic mass is 32.2. The van der Waals surface area contributed by atoms with E-state index in [0.717, 1.165) is 41.7 Å². The summed E-state index contributed by atoms with van der Waals surface area (Å²) in [6.45, 7) is 2.20. The normalized spacial score (nSPS) is 12.6. The third-order valence-electron chi connectivity index (χ3n) is 6.42. The Bertz CT molecular complexity index is 1450. The Balaban J connectivity index is 1.31. The molecule has 2 amide bonds. The molecule has 11 nitrogen and oxygen atoms in total. The number of ether oxygens (including phenoxy) is 3. The summed E-state index contributed by atoms with van der Waals surface area (Å²) in [5.74, 6) is 0.849. The quantitative estimate of drug-likeness (QED) is 0.180. The number of esters is 1. The van der Waals surface area contributed by atoms with Crippen LogP contribution in [0.25, 0.3) is 6.08 Å². The number of hydrogen-bond acceptors (Lipinski definition) is 10. The molecule has 1 aliphatic rings. The number of amides is 2. The van der Waals surface area contributed by atoms with E-state index in [1.54, 1.807) is 51.0 Å². The van der Waals surface area contributed by atoms with E-state index in [4.69, 9.17) is 14.2 Å². The molecule has 0 spiro atoms. The average molecular weight is 600 g/mol. The number of nitrogens with zero attached hydrogens (tertiary/aromatic N) is 3. The second-order valence-corrected chi connectivity index (χ2v) is 11.1. The van der Waals surface area contributed by atoms with Gasteiger partial charge in [0, 0.05) is 18.0 Å². The van der Waals surface area contributed by atoms with Crippen LogP contribution in [-0.2, 0) is 40.8 Å². The van der Waals surface area contributed by atoms with Crippen molar-refractivity contribution in [3.63, 3.8) is 0 Å². The SMILES string of the molecule is CCOC(=O)c1c(NC(=O)CSc2nnc(CNC(=O)C=Cc3ccc(OC)c(OC)c3)n2C)sc2c1CCCC2. The van der Waals surface area contributed by atoms with Gasteiger partial charge in [0.25, 0.3) is 0 Å². The van der Waals surface area contributed by atoms with Crippen molar-refractivity contribution in [3.05, 3.63) is 51.7 Å². The van der Waals surface area contributed by atoms with Crippen molar-refractivity contribution in [1.82, 2.24) is 20.1 Å². The molecular formula is C28H33N5O6S2. The predicted octanol–water partition coefficient (Wildman–Crippen LogP) is 4.01. The number of methoxy groups -OCH3 is 2. The second kappa shape index (κ2) is 14.2. The lowest BCUT2D eigenvalue weighted by atomic mass is 9.95. The van der Waals surface area contributed by atoms with Crippen LogP contribution in [-0.4, -0.2) is 59.1 Å². The van der Waals surface area contributed by atoms with Crippen LogP contribution in [0.1, 0.15) is 52.0 Å². The van der Waals surface area contributed by atoms with Crippen molar-refractivity contribution in [3.8, 4) is 11.5 Å². The molecule has 0 radical (unpaired) electrons. The van der Waals surface area contributed by atoms with Gasteiger partial charge in [-0.05, 0) is 61.9 Å².